The lowest BCUT2D eigenvalue weighted by Gasteiger charge is -1.84. The summed E-state index contributed by atoms with van der Waals surface area (Å²) < 4.78 is 0. The highest BCUT2D eigenvalue weighted by Gasteiger charge is 2.10. The van der Waals surface area contributed by atoms with Crippen LogP contribution in [0.2, 0.25) is 0 Å². The minimum absolute atomic E-state index is 0.977. The van der Waals surface area contributed by atoms with E-state index in [2.05, 4.69) is 21.7 Å². The molecular weight excluding hydrogens is 102 g/mol. The second-order valence-corrected chi connectivity index (χ2v) is 1.85. The molecule has 3 heteroatoms. The van der Waals surface area contributed by atoms with E-state index < -0.39 is 0 Å². The van der Waals surface area contributed by atoms with Crippen LogP contribution in [0.1, 0.15) is 5.56 Å². The van der Waals surface area contributed by atoms with Crippen molar-refractivity contribution in [2.75, 3.05) is 11.9 Å². The van der Waals surface area contributed by atoms with E-state index in [-0.39, 0.29) is 0 Å². The number of rotatable bonds is 0. The van der Waals surface area contributed by atoms with E-state index in [9.17, 15) is 0 Å². The molecule has 2 rings (SSSR count). The van der Waals surface area contributed by atoms with E-state index in [0.717, 1.165) is 18.8 Å². The summed E-state index contributed by atoms with van der Waals surface area (Å²) >= 11 is 0. The summed E-state index contributed by atoms with van der Waals surface area (Å²) in [5.74, 6) is 0.977. The Kier molecular flexibility index (Phi) is 0.614. The van der Waals surface area contributed by atoms with E-state index in [4.69, 9.17) is 0 Å². The van der Waals surface area contributed by atoms with Crippen molar-refractivity contribution in [2.24, 2.45) is 0 Å². The molecule has 0 unspecified atom stereocenters. The van der Waals surface area contributed by atoms with Crippen LogP contribution in [0.5, 0.6) is 0 Å². The highest BCUT2D eigenvalue weighted by Crippen LogP contribution is 2.15. The molecule has 0 spiro atoms. The largest absolute Gasteiger partial charge is 0.368 e. The first-order valence-electron chi connectivity index (χ1n) is 2.65. The van der Waals surface area contributed by atoms with Crippen LogP contribution in [0.3, 0.4) is 0 Å². The number of nitrogens with one attached hydrogen (secondary N) is 2. The third-order valence-corrected chi connectivity index (χ3v) is 1.33. The molecule has 1 aliphatic heterocycles. The van der Waals surface area contributed by atoms with Crippen molar-refractivity contribution < 1.29 is 0 Å². The molecule has 0 aliphatic carbocycles. The van der Waals surface area contributed by atoms with Crippen LogP contribution in [-0.2, 0) is 6.42 Å². The van der Waals surface area contributed by atoms with Crippen molar-refractivity contribution in [3.63, 3.8) is 0 Å². The molecule has 2 heterocycles. The van der Waals surface area contributed by atoms with Crippen LogP contribution in [0.25, 0.3) is 0 Å². The Hall–Kier alpha value is -0.990. The molecule has 41 valence electrons. The van der Waals surface area contributed by atoms with Gasteiger partial charge < -0.3 is 5.32 Å². The molecule has 0 fully saturated rings. The maximum absolute atomic E-state index is 3.91. The highest BCUT2D eigenvalue weighted by atomic mass is 15.2. The normalized spacial score (nSPS) is 15.5. The quantitative estimate of drug-likeness (QED) is 0.497. The Balaban J connectivity index is 2.54. The molecule has 0 saturated heterocycles. The van der Waals surface area contributed by atoms with Crippen molar-refractivity contribution in [1.29, 1.82) is 0 Å². The van der Waals surface area contributed by atoms with Crippen molar-refractivity contribution in [2.45, 2.75) is 6.42 Å². The van der Waals surface area contributed by atoms with Gasteiger partial charge in [0.25, 0.3) is 0 Å². The maximum atomic E-state index is 3.91. The first-order chi connectivity index (χ1) is 3.97. The number of nitrogens with zero attached hydrogens (tertiary/aromatic N) is 1. The minimum atomic E-state index is 0.977. The molecule has 1 aromatic heterocycles. The van der Waals surface area contributed by atoms with E-state index >= 15 is 0 Å². The molecule has 2 N–H and O–H groups in total. The van der Waals surface area contributed by atoms with Crippen LogP contribution in [0.15, 0.2) is 0 Å². The number of fused-ring (bicyclic) bond motifs is 1. The van der Waals surface area contributed by atoms with Gasteiger partial charge in [0.1, 0.15) is 0 Å². The Labute approximate surface area is 47.1 Å². The van der Waals surface area contributed by atoms with E-state index in [0.29, 0.717) is 0 Å². The first kappa shape index (κ1) is 3.95. The van der Waals surface area contributed by atoms with Gasteiger partial charge in [0.15, 0.2) is 5.82 Å². The first-order valence-corrected chi connectivity index (χ1v) is 2.65. The topological polar surface area (TPSA) is 40.7 Å². The molecule has 8 heavy (non-hydrogen) atoms. The maximum Gasteiger partial charge on any atom is 0.151 e. The molecule has 0 saturated carbocycles. The van der Waals surface area contributed by atoms with Gasteiger partial charge in [-0.25, -0.2) is 0 Å². The average molecular weight is 108 g/mol. The second kappa shape index (κ2) is 1.24. The number of H-pyrrole nitrogens is 1. The van der Waals surface area contributed by atoms with E-state index in [1.807, 2.05) is 0 Å². The zero-order valence-electron chi connectivity index (χ0n) is 4.36. The van der Waals surface area contributed by atoms with Crippen LogP contribution in [0, 0.1) is 6.20 Å². The number of hydrogen-bond acceptors (Lipinski definition) is 2. The molecule has 1 radical (unpaired) electrons. The molecule has 0 atom stereocenters. The van der Waals surface area contributed by atoms with Gasteiger partial charge in [-0.15, -0.1) is 0 Å². The summed E-state index contributed by atoms with van der Waals surface area (Å²) in [5, 5.41) is 9.67. The van der Waals surface area contributed by atoms with Gasteiger partial charge in [-0.1, -0.05) is 0 Å². The predicted molar refractivity (Wildman–Crippen MR) is 29.6 cm³/mol. The molecule has 1 aromatic rings. The van der Waals surface area contributed by atoms with Gasteiger partial charge >= 0.3 is 0 Å². The van der Waals surface area contributed by atoms with Gasteiger partial charge in [0, 0.05) is 12.1 Å². The van der Waals surface area contributed by atoms with Crippen molar-refractivity contribution in [1.82, 2.24) is 10.2 Å². The van der Waals surface area contributed by atoms with Gasteiger partial charge in [-0.3, -0.25) is 5.10 Å². The standard InChI is InChI=1S/C5H6N3/c1-2-6-5-4(1)3-7-8-5/h1-2H2,(H2,6,7,8). The molecule has 0 aromatic carbocycles. The van der Waals surface area contributed by atoms with E-state index in [1.165, 1.54) is 5.56 Å². The lowest BCUT2D eigenvalue weighted by atomic mass is 10.3. The van der Waals surface area contributed by atoms with Gasteiger partial charge in [-0.05, 0) is 6.42 Å². The summed E-state index contributed by atoms with van der Waals surface area (Å²) in [6, 6.07) is 0. The highest BCUT2D eigenvalue weighted by molar-refractivity contribution is 5.46. The summed E-state index contributed by atoms with van der Waals surface area (Å²) in [5.41, 5.74) is 1.19. The molecular formula is C5H6N3. The molecule has 0 bridgehead atoms. The Morgan fingerprint density at radius 3 is 3.50 bits per heavy atom. The lowest BCUT2D eigenvalue weighted by Crippen LogP contribution is -1.93. The molecule has 3 nitrogen and oxygen atoms in total. The summed E-state index contributed by atoms with van der Waals surface area (Å²) in [6.45, 7) is 1.02. The van der Waals surface area contributed by atoms with Crippen molar-refractivity contribution in [3.05, 3.63) is 11.8 Å². The zero-order chi connectivity index (χ0) is 5.40. The fraction of sp³-hybridized carbons (Fsp3) is 0.400. The Morgan fingerprint density at radius 1 is 1.62 bits per heavy atom. The van der Waals surface area contributed by atoms with Crippen LogP contribution in [0.4, 0.5) is 5.82 Å². The minimum Gasteiger partial charge on any atom is -0.368 e. The van der Waals surface area contributed by atoms with Crippen LogP contribution < -0.4 is 5.32 Å². The fourth-order valence-corrected chi connectivity index (χ4v) is 0.911. The average Bonchev–Trinajstić information content (AvgIpc) is 2.15. The number of anilines is 1. The van der Waals surface area contributed by atoms with Crippen molar-refractivity contribution >= 4 is 5.82 Å². The third kappa shape index (κ3) is 0.358. The van der Waals surface area contributed by atoms with Gasteiger partial charge in [-0.2, -0.15) is 5.10 Å². The molecule has 1 aliphatic rings. The summed E-state index contributed by atoms with van der Waals surface area (Å²) in [6.07, 6.45) is 3.98. The Bertz CT molecular complexity index is 173. The Morgan fingerprint density at radius 2 is 2.62 bits per heavy atom. The summed E-state index contributed by atoms with van der Waals surface area (Å²) in [7, 11) is 0. The van der Waals surface area contributed by atoms with Gasteiger partial charge in [0.2, 0.25) is 0 Å². The number of aromatic nitrogens is 2. The lowest BCUT2D eigenvalue weighted by molar-refractivity contribution is 1.03. The molecule has 0 amide bonds. The second-order valence-electron chi connectivity index (χ2n) is 1.85. The SMILES string of the molecule is [c]1[nH]nc2c1CCN2. The van der Waals surface area contributed by atoms with E-state index in [1.54, 1.807) is 0 Å². The van der Waals surface area contributed by atoms with Gasteiger partial charge in [0.05, 0.1) is 6.20 Å². The van der Waals surface area contributed by atoms with Crippen molar-refractivity contribution in [3.8, 4) is 0 Å². The monoisotopic (exact) mass is 108 g/mol. The third-order valence-electron chi connectivity index (χ3n) is 1.33. The zero-order valence-corrected chi connectivity index (χ0v) is 4.36. The predicted octanol–water partition coefficient (Wildman–Crippen LogP) is 0.178. The fourth-order valence-electron chi connectivity index (χ4n) is 0.911. The van der Waals surface area contributed by atoms with Crippen LogP contribution >= 0.6 is 0 Å². The van der Waals surface area contributed by atoms with Crippen LogP contribution in [-0.4, -0.2) is 16.7 Å². The number of aromatic amines is 1. The number of hydrogen-bond donors (Lipinski definition) is 2. The smallest absolute Gasteiger partial charge is 0.151 e. The summed E-state index contributed by atoms with van der Waals surface area (Å²) in [4.78, 5) is 0.